The third-order valence-corrected chi connectivity index (χ3v) is 7.14. The standard InChI is InChI=1S/C22H29N3O3S/c1-29(26,27)21-4-2-19(3-5-21)17-25-14-15-28-22(18-25)8-12-24(13-9-22)16-20-6-10-23-11-7-20/h2-7,10-11H,8-9,12-18H2,1H3. The van der Waals surface area contributed by atoms with Gasteiger partial charge in [0, 0.05) is 57.9 Å². The number of piperidine rings is 1. The monoisotopic (exact) mass is 415 g/mol. The van der Waals surface area contributed by atoms with Gasteiger partial charge in [-0.1, -0.05) is 12.1 Å². The van der Waals surface area contributed by atoms with E-state index in [-0.39, 0.29) is 5.60 Å². The molecule has 1 aromatic carbocycles. The molecule has 0 radical (unpaired) electrons. The lowest BCUT2D eigenvalue weighted by molar-refractivity contribution is -0.138. The summed E-state index contributed by atoms with van der Waals surface area (Å²) in [5.74, 6) is 0. The highest BCUT2D eigenvalue weighted by Crippen LogP contribution is 2.31. The van der Waals surface area contributed by atoms with E-state index in [1.807, 2.05) is 24.5 Å². The minimum atomic E-state index is -3.14. The Labute approximate surface area is 173 Å². The van der Waals surface area contributed by atoms with Gasteiger partial charge in [0.05, 0.1) is 17.1 Å². The Hall–Kier alpha value is -1.80. The first-order valence-corrected chi connectivity index (χ1v) is 12.1. The molecule has 1 spiro atoms. The number of sulfone groups is 1. The van der Waals surface area contributed by atoms with Gasteiger partial charge in [-0.2, -0.15) is 0 Å². The maximum Gasteiger partial charge on any atom is 0.175 e. The summed E-state index contributed by atoms with van der Waals surface area (Å²) in [7, 11) is -3.14. The van der Waals surface area contributed by atoms with Crippen LogP contribution in [0.2, 0.25) is 0 Å². The average molecular weight is 416 g/mol. The Balaban J connectivity index is 1.33. The molecule has 0 unspecified atom stereocenters. The number of hydrogen-bond acceptors (Lipinski definition) is 6. The molecule has 156 valence electrons. The lowest BCUT2D eigenvalue weighted by atomic mass is 9.89. The molecule has 0 N–H and O–H groups in total. The summed E-state index contributed by atoms with van der Waals surface area (Å²) in [6.07, 6.45) is 7.04. The number of likely N-dealkylation sites (tertiary alicyclic amines) is 1. The topological polar surface area (TPSA) is 62.7 Å². The van der Waals surface area contributed by atoms with E-state index < -0.39 is 9.84 Å². The van der Waals surface area contributed by atoms with Gasteiger partial charge < -0.3 is 4.74 Å². The van der Waals surface area contributed by atoms with Crippen LogP contribution < -0.4 is 0 Å². The summed E-state index contributed by atoms with van der Waals surface area (Å²) in [6.45, 7) is 6.48. The summed E-state index contributed by atoms with van der Waals surface area (Å²) >= 11 is 0. The molecule has 2 aromatic rings. The predicted molar refractivity (Wildman–Crippen MR) is 112 cm³/mol. The lowest BCUT2D eigenvalue weighted by Gasteiger charge is -2.47. The lowest BCUT2D eigenvalue weighted by Crippen LogP contribution is -2.56. The van der Waals surface area contributed by atoms with Crippen LogP contribution >= 0.6 is 0 Å². The zero-order valence-corrected chi connectivity index (χ0v) is 17.8. The van der Waals surface area contributed by atoms with Gasteiger partial charge in [0.15, 0.2) is 9.84 Å². The number of aromatic nitrogens is 1. The van der Waals surface area contributed by atoms with Crippen molar-refractivity contribution in [2.24, 2.45) is 0 Å². The molecular weight excluding hydrogens is 386 g/mol. The van der Waals surface area contributed by atoms with Crippen molar-refractivity contribution in [1.29, 1.82) is 0 Å². The molecule has 0 atom stereocenters. The highest BCUT2D eigenvalue weighted by atomic mass is 32.2. The summed E-state index contributed by atoms with van der Waals surface area (Å²) in [4.78, 5) is 9.40. The molecule has 6 nitrogen and oxygen atoms in total. The average Bonchev–Trinajstić information content (AvgIpc) is 2.71. The second kappa shape index (κ2) is 8.52. The third kappa shape index (κ3) is 5.22. The van der Waals surface area contributed by atoms with Crippen LogP contribution in [-0.2, 0) is 27.7 Å². The SMILES string of the molecule is CS(=O)(=O)c1ccc(CN2CCOC3(CCN(Cc4ccncc4)CC3)C2)cc1. The van der Waals surface area contributed by atoms with Crippen molar-refractivity contribution < 1.29 is 13.2 Å². The summed E-state index contributed by atoms with van der Waals surface area (Å²) in [5.41, 5.74) is 2.39. The number of morpholine rings is 1. The van der Waals surface area contributed by atoms with Crippen LogP contribution in [-0.4, -0.2) is 67.8 Å². The molecule has 0 saturated carbocycles. The molecule has 2 fully saturated rings. The number of hydrogen-bond donors (Lipinski definition) is 0. The van der Waals surface area contributed by atoms with Crippen LogP contribution in [0, 0.1) is 0 Å². The Morgan fingerprint density at radius 3 is 2.21 bits per heavy atom. The van der Waals surface area contributed by atoms with Crippen molar-refractivity contribution in [1.82, 2.24) is 14.8 Å². The van der Waals surface area contributed by atoms with E-state index in [0.29, 0.717) is 4.90 Å². The number of ether oxygens (including phenoxy) is 1. The van der Waals surface area contributed by atoms with Crippen LogP contribution in [0.1, 0.15) is 24.0 Å². The Kier molecular flexibility index (Phi) is 6.01. The Morgan fingerprint density at radius 2 is 1.55 bits per heavy atom. The number of rotatable bonds is 5. The van der Waals surface area contributed by atoms with E-state index >= 15 is 0 Å². The van der Waals surface area contributed by atoms with Gasteiger partial charge in [-0.3, -0.25) is 14.8 Å². The smallest absolute Gasteiger partial charge is 0.175 e. The molecule has 4 rings (SSSR count). The van der Waals surface area contributed by atoms with E-state index in [1.54, 1.807) is 12.1 Å². The van der Waals surface area contributed by atoms with E-state index in [4.69, 9.17) is 4.74 Å². The second-order valence-electron chi connectivity index (χ2n) is 8.29. The fraction of sp³-hybridized carbons (Fsp3) is 0.500. The van der Waals surface area contributed by atoms with Crippen LogP contribution in [0.15, 0.2) is 53.7 Å². The fourth-order valence-electron chi connectivity index (χ4n) is 4.33. The van der Waals surface area contributed by atoms with Crippen molar-refractivity contribution >= 4 is 9.84 Å². The Morgan fingerprint density at radius 1 is 0.931 bits per heavy atom. The van der Waals surface area contributed by atoms with Gasteiger partial charge in [0.2, 0.25) is 0 Å². The zero-order valence-electron chi connectivity index (χ0n) is 17.0. The van der Waals surface area contributed by atoms with Gasteiger partial charge >= 0.3 is 0 Å². The van der Waals surface area contributed by atoms with Crippen molar-refractivity contribution in [3.8, 4) is 0 Å². The van der Waals surface area contributed by atoms with Crippen molar-refractivity contribution in [2.75, 3.05) is 39.0 Å². The Bertz CT molecular complexity index is 908. The van der Waals surface area contributed by atoms with Crippen molar-refractivity contribution in [3.63, 3.8) is 0 Å². The highest BCUT2D eigenvalue weighted by molar-refractivity contribution is 7.90. The number of nitrogens with zero attached hydrogens (tertiary/aromatic N) is 3. The molecular formula is C22H29N3O3S. The number of pyridine rings is 1. The maximum absolute atomic E-state index is 11.6. The van der Waals surface area contributed by atoms with Gasteiger partial charge in [0.1, 0.15) is 0 Å². The van der Waals surface area contributed by atoms with Gasteiger partial charge in [-0.15, -0.1) is 0 Å². The molecule has 2 aliphatic rings. The molecule has 0 amide bonds. The second-order valence-corrected chi connectivity index (χ2v) is 10.3. The normalized spacial score (nSPS) is 20.7. The molecule has 0 aliphatic carbocycles. The van der Waals surface area contributed by atoms with E-state index in [0.717, 1.165) is 64.3 Å². The van der Waals surface area contributed by atoms with Crippen LogP contribution in [0.5, 0.6) is 0 Å². The largest absolute Gasteiger partial charge is 0.372 e. The van der Waals surface area contributed by atoms with Crippen LogP contribution in [0.3, 0.4) is 0 Å². The summed E-state index contributed by atoms with van der Waals surface area (Å²) in [6, 6.07) is 11.4. The molecule has 29 heavy (non-hydrogen) atoms. The van der Waals surface area contributed by atoms with Crippen molar-refractivity contribution in [3.05, 3.63) is 59.9 Å². The van der Waals surface area contributed by atoms with Gasteiger partial charge in [-0.05, 0) is 48.2 Å². The summed E-state index contributed by atoms with van der Waals surface area (Å²) in [5, 5.41) is 0. The van der Waals surface area contributed by atoms with E-state index in [2.05, 4.69) is 26.9 Å². The molecule has 0 bridgehead atoms. The quantitative estimate of drug-likeness (QED) is 0.747. The molecule has 3 heterocycles. The van der Waals surface area contributed by atoms with Crippen LogP contribution in [0.4, 0.5) is 0 Å². The zero-order chi connectivity index (χ0) is 20.3. The summed E-state index contributed by atoms with van der Waals surface area (Å²) < 4.78 is 29.6. The highest BCUT2D eigenvalue weighted by Gasteiger charge is 2.39. The molecule has 1 aromatic heterocycles. The minimum Gasteiger partial charge on any atom is -0.372 e. The first-order chi connectivity index (χ1) is 13.9. The first-order valence-electron chi connectivity index (χ1n) is 10.2. The van der Waals surface area contributed by atoms with Gasteiger partial charge in [0.25, 0.3) is 0 Å². The van der Waals surface area contributed by atoms with Crippen molar-refractivity contribution in [2.45, 2.75) is 36.4 Å². The number of benzene rings is 1. The maximum atomic E-state index is 11.6. The predicted octanol–water partition coefficient (Wildman–Crippen LogP) is 2.35. The minimum absolute atomic E-state index is 0.0559. The van der Waals surface area contributed by atoms with E-state index in [9.17, 15) is 8.42 Å². The molecule has 7 heteroatoms. The molecule has 2 saturated heterocycles. The van der Waals surface area contributed by atoms with Gasteiger partial charge in [-0.25, -0.2) is 8.42 Å². The molecule has 2 aliphatic heterocycles. The first kappa shape index (κ1) is 20.5. The fourth-order valence-corrected chi connectivity index (χ4v) is 4.96. The van der Waals surface area contributed by atoms with Crippen LogP contribution in [0.25, 0.3) is 0 Å². The third-order valence-electron chi connectivity index (χ3n) is 6.01. The van der Waals surface area contributed by atoms with E-state index in [1.165, 1.54) is 11.8 Å².